The average Bonchev–Trinajstić information content (AvgIpc) is 2.83. The first kappa shape index (κ1) is 9.59. The number of hydrogen-bond donors (Lipinski definition) is 2. The molecule has 0 unspecified atom stereocenters. The molecule has 0 atom stereocenters. The number of nitrogen functional groups attached to an aromatic ring is 1. The number of thiazole rings is 1. The number of hydrogen-bond acceptors (Lipinski definition) is 4. The van der Waals surface area contributed by atoms with Crippen molar-refractivity contribution in [2.75, 3.05) is 0 Å². The minimum Gasteiger partial charge on any atom is -0.462 e. The Kier molecular flexibility index (Phi) is 2.07. The number of furan rings is 1. The van der Waals surface area contributed by atoms with E-state index in [2.05, 4.69) is 4.98 Å². The van der Waals surface area contributed by atoms with Gasteiger partial charge in [0.25, 0.3) is 0 Å². The van der Waals surface area contributed by atoms with Crippen LogP contribution in [0.5, 0.6) is 0 Å². The first-order valence-corrected chi connectivity index (χ1v) is 5.96. The van der Waals surface area contributed by atoms with Crippen molar-refractivity contribution in [1.29, 1.82) is 5.41 Å². The second kappa shape index (κ2) is 3.45. The van der Waals surface area contributed by atoms with Gasteiger partial charge in [-0.2, -0.15) is 0 Å². The van der Waals surface area contributed by atoms with Crippen LogP contribution in [-0.4, -0.2) is 10.8 Å². The summed E-state index contributed by atoms with van der Waals surface area (Å²) in [5.74, 6) is 1.36. The lowest BCUT2D eigenvalue weighted by atomic mass is 10.2. The number of nitrogens with zero attached hydrogens (tertiary/aromatic N) is 1. The van der Waals surface area contributed by atoms with Crippen LogP contribution in [0.3, 0.4) is 0 Å². The molecule has 0 aromatic carbocycles. The molecule has 2 aromatic rings. The zero-order chi connectivity index (χ0) is 11.1. The van der Waals surface area contributed by atoms with E-state index in [-0.39, 0.29) is 5.84 Å². The summed E-state index contributed by atoms with van der Waals surface area (Å²) in [6.07, 6.45) is 3.93. The summed E-state index contributed by atoms with van der Waals surface area (Å²) in [5.41, 5.74) is 6.55. The minimum absolute atomic E-state index is 0.109. The quantitative estimate of drug-likeness (QED) is 0.632. The molecule has 0 amide bonds. The third-order valence-electron chi connectivity index (χ3n) is 2.59. The largest absolute Gasteiger partial charge is 0.462 e. The number of amidine groups is 1. The maximum atomic E-state index is 7.55. The van der Waals surface area contributed by atoms with E-state index in [4.69, 9.17) is 15.6 Å². The molecule has 0 aliphatic heterocycles. The Labute approximate surface area is 96.6 Å². The van der Waals surface area contributed by atoms with E-state index < -0.39 is 0 Å². The van der Waals surface area contributed by atoms with Crippen LogP contribution in [0.2, 0.25) is 0 Å². The van der Waals surface area contributed by atoms with Crippen LogP contribution in [0.1, 0.15) is 29.3 Å². The van der Waals surface area contributed by atoms with Crippen LogP contribution < -0.4 is 5.73 Å². The van der Waals surface area contributed by atoms with Crippen molar-refractivity contribution in [3.63, 3.8) is 0 Å². The second-order valence-electron chi connectivity index (χ2n) is 3.90. The van der Waals surface area contributed by atoms with Crippen molar-refractivity contribution in [1.82, 2.24) is 4.98 Å². The Hall–Kier alpha value is -1.62. The van der Waals surface area contributed by atoms with E-state index in [1.807, 2.05) is 12.1 Å². The van der Waals surface area contributed by atoms with Gasteiger partial charge in [-0.05, 0) is 25.0 Å². The predicted molar refractivity (Wildman–Crippen MR) is 62.8 cm³/mol. The van der Waals surface area contributed by atoms with E-state index in [9.17, 15) is 0 Å². The molecule has 0 radical (unpaired) electrons. The SMILES string of the molecule is N=C(N)c1sc(-c2ccco2)nc1C1CC1. The van der Waals surface area contributed by atoms with Gasteiger partial charge in [-0.15, -0.1) is 11.3 Å². The van der Waals surface area contributed by atoms with Crippen molar-refractivity contribution in [2.24, 2.45) is 5.73 Å². The van der Waals surface area contributed by atoms with Gasteiger partial charge in [0.15, 0.2) is 10.8 Å². The molecule has 1 fully saturated rings. The fourth-order valence-corrected chi connectivity index (χ4v) is 2.64. The predicted octanol–water partition coefficient (Wildman–Crippen LogP) is 2.56. The summed E-state index contributed by atoms with van der Waals surface area (Å²) in [7, 11) is 0. The van der Waals surface area contributed by atoms with Crippen molar-refractivity contribution in [3.8, 4) is 10.8 Å². The number of nitrogens with two attached hydrogens (primary N) is 1. The fourth-order valence-electron chi connectivity index (χ4n) is 1.66. The van der Waals surface area contributed by atoms with Crippen LogP contribution in [0.4, 0.5) is 0 Å². The van der Waals surface area contributed by atoms with Crippen LogP contribution in [0.15, 0.2) is 22.8 Å². The Bertz CT molecular complexity index is 525. The molecule has 0 spiro atoms. The molecule has 1 saturated carbocycles. The summed E-state index contributed by atoms with van der Waals surface area (Å²) < 4.78 is 5.30. The zero-order valence-corrected chi connectivity index (χ0v) is 9.38. The van der Waals surface area contributed by atoms with E-state index in [1.165, 1.54) is 11.3 Å². The number of aromatic nitrogens is 1. The molecule has 82 valence electrons. The Morgan fingerprint density at radius 2 is 2.38 bits per heavy atom. The molecule has 0 saturated heterocycles. The average molecular weight is 233 g/mol. The molecule has 1 aliphatic carbocycles. The highest BCUT2D eigenvalue weighted by molar-refractivity contribution is 7.17. The van der Waals surface area contributed by atoms with Gasteiger partial charge in [-0.1, -0.05) is 0 Å². The molecule has 2 heterocycles. The van der Waals surface area contributed by atoms with E-state index in [1.54, 1.807) is 6.26 Å². The van der Waals surface area contributed by atoms with E-state index in [0.29, 0.717) is 5.92 Å². The fraction of sp³-hybridized carbons (Fsp3) is 0.273. The van der Waals surface area contributed by atoms with E-state index in [0.717, 1.165) is 34.2 Å². The Morgan fingerprint density at radius 1 is 1.56 bits per heavy atom. The van der Waals surface area contributed by atoms with Crippen LogP contribution in [0, 0.1) is 5.41 Å². The number of nitrogens with one attached hydrogen (secondary N) is 1. The second-order valence-corrected chi connectivity index (χ2v) is 4.90. The highest BCUT2D eigenvalue weighted by Gasteiger charge is 2.31. The molecular formula is C11H11N3OS. The monoisotopic (exact) mass is 233 g/mol. The lowest BCUT2D eigenvalue weighted by molar-refractivity contribution is 0.581. The number of rotatable bonds is 3. The summed E-state index contributed by atoms with van der Waals surface area (Å²) in [6, 6.07) is 3.71. The Balaban J connectivity index is 2.08. The van der Waals surface area contributed by atoms with Gasteiger partial charge >= 0.3 is 0 Å². The Morgan fingerprint density at radius 3 is 2.94 bits per heavy atom. The maximum absolute atomic E-state index is 7.55. The van der Waals surface area contributed by atoms with Crippen LogP contribution in [-0.2, 0) is 0 Å². The van der Waals surface area contributed by atoms with Crippen LogP contribution in [0.25, 0.3) is 10.8 Å². The molecule has 0 bridgehead atoms. The van der Waals surface area contributed by atoms with Crippen molar-refractivity contribution >= 4 is 17.2 Å². The highest BCUT2D eigenvalue weighted by atomic mass is 32.1. The van der Waals surface area contributed by atoms with Gasteiger partial charge in [0.1, 0.15) is 5.84 Å². The molecule has 1 aliphatic rings. The lowest BCUT2D eigenvalue weighted by Gasteiger charge is -1.95. The van der Waals surface area contributed by atoms with Gasteiger partial charge in [-0.3, -0.25) is 5.41 Å². The molecule has 3 rings (SSSR count). The first-order chi connectivity index (χ1) is 7.75. The van der Waals surface area contributed by atoms with Crippen LogP contribution >= 0.6 is 11.3 Å². The molecular weight excluding hydrogens is 222 g/mol. The van der Waals surface area contributed by atoms with Gasteiger partial charge in [0, 0.05) is 5.92 Å². The molecule has 4 nitrogen and oxygen atoms in total. The van der Waals surface area contributed by atoms with Gasteiger partial charge in [0.2, 0.25) is 0 Å². The van der Waals surface area contributed by atoms with Gasteiger partial charge in [-0.25, -0.2) is 4.98 Å². The summed E-state index contributed by atoms with van der Waals surface area (Å²) in [6.45, 7) is 0. The third-order valence-corrected chi connectivity index (χ3v) is 3.71. The molecule has 2 aromatic heterocycles. The topological polar surface area (TPSA) is 75.9 Å². The zero-order valence-electron chi connectivity index (χ0n) is 8.56. The third kappa shape index (κ3) is 1.53. The molecule has 16 heavy (non-hydrogen) atoms. The van der Waals surface area contributed by atoms with Crippen molar-refractivity contribution < 1.29 is 4.42 Å². The van der Waals surface area contributed by atoms with E-state index >= 15 is 0 Å². The summed E-state index contributed by atoms with van der Waals surface area (Å²) in [4.78, 5) is 5.34. The lowest BCUT2D eigenvalue weighted by Crippen LogP contribution is -2.11. The molecule has 5 heteroatoms. The normalized spacial score (nSPS) is 15.2. The minimum atomic E-state index is 0.109. The first-order valence-electron chi connectivity index (χ1n) is 5.14. The van der Waals surface area contributed by atoms with Gasteiger partial charge < -0.3 is 10.2 Å². The van der Waals surface area contributed by atoms with Gasteiger partial charge in [0.05, 0.1) is 16.8 Å². The summed E-state index contributed by atoms with van der Waals surface area (Å²) in [5, 5.41) is 8.37. The smallest absolute Gasteiger partial charge is 0.162 e. The van der Waals surface area contributed by atoms with Crippen molar-refractivity contribution in [3.05, 3.63) is 29.0 Å². The maximum Gasteiger partial charge on any atom is 0.162 e. The molecule has 3 N–H and O–H groups in total. The van der Waals surface area contributed by atoms with Crippen molar-refractivity contribution in [2.45, 2.75) is 18.8 Å². The summed E-state index contributed by atoms with van der Waals surface area (Å²) >= 11 is 1.44. The highest BCUT2D eigenvalue weighted by Crippen LogP contribution is 2.44. The standard InChI is InChI=1S/C11H11N3OS/c12-10(13)9-8(6-3-4-6)14-11(16-9)7-2-1-5-15-7/h1-2,5-6H,3-4H2,(H3,12,13).